The zero-order chi connectivity index (χ0) is 22.6. The van der Waals surface area contributed by atoms with Gasteiger partial charge in [0.25, 0.3) is 11.8 Å². The number of amides is 2. The number of hydrogen-bond acceptors (Lipinski definition) is 5. The maximum atomic E-state index is 12.5. The number of benzene rings is 2. The molecule has 0 atom stereocenters. The summed E-state index contributed by atoms with van der Waals surface area (Å²) in [5.41, 5.74) is 3.28. The summed E-state index contributed by atoms with van der Waals surface area (Å²) < 4.78 is 0. The molecule has 3 heterocycles. The number of rotatable bonds is 5. The maximum absolute atomic E-state index is 12.5. The fraction of sp³-hybridized carbons (Fsp3) is 0. The summed E-state index contributed by atoms with van der Waals surface area (Å²) in [4.78, 5) is 41.0. The minimum absolute atomic E-state index is 0.242. The highest BCUT2D eigenvalue weighted by atomic mass is 16.2. The lowest BCUT2D eigenvalue weighted by Crippen LogP contribution is -2.12. The number of imidazole rings is 1. The minimum atomic E-state index is -0.255. The molecule has 5 rings (SSSR count). The summed E-state index contributed by atoms with van der Waals surface area (Å²) in [6.07, 6.45) is 3.24. The summed E-state index contributed by atoms with van der Waals surface area (Å²) in [6.45, 7) is 0. The molecule has 2 amide bonds. The van der Waals surface area contributed by atoms with Crippen LogP contribution in [-0.4, -0.2) is 31.8 Å². The number of H-pyrrole nitrogens is 1. The molecule has 0 bridgehead atoms. The van der Waals surface area contributed by atoms with Gasteiger partial charge in [-0.15, -0.1) is 0 Å². The van der Waals surface area contributed by atoms with Crippen molar-refractivity contribution in [1.29, 1.82) is 0 Å². The predicted molar refractivity (Wildman–Crippen MR) is 126 cm³/mol. The molecule has 0 aliphatic carbocycles. The van der Waals surface area contributed by atoms with Crippen LogP contribution in [0.25, 0.3) is 22.4 Å². The van der Waals surface area contributed by atoms with E-state index < -0.39 is 0 Å². The van der Waals surface area contributed by atoms with Crippen molar-refractivity contribution < 1.29 is 9.59 Å². The Morgan fingerprint density at radius 3 is 1.91 bits per heavy atom. The third-order valence-electron chi connectivity index (χ3n) is 4.98. The van der Waals surface area contributed by atoms with E-state index in [4.69, 9.17) is 0 Å². The van der Waals surface area contributed by atoms with Gasteiger partial charge in [-0.2, -0.15) is 0 Å². The minimum Gasteiger partial charge on any atom is -0.338 e. The molecule has 33 heavy (non-hydrogen) atoms. The molecule has 160 valence electrons. The average Bonchev–Trinajstić information content (AvgIpc) is 3.29. The SMILES string of the molecule is O=C(Nc1ccccn1)c1ccc(-c2nc3ccc(C(=O)Nc4ccccn4)cc3[nH]2)cc1. The number of carbonyl (C=O) groups is 2. The molecule has 0 spiro atoms. The number of carbonyl (C=O) groups excluding carboxylic acids is 2. The molecule has 0 unspecified atom stereocenters. The van der Waals surface area contributed by atoms with Crippen molar-refractivity contribution in [3.05, 3.63) is 102 Å². The van der Waals surface area contributed by atoms with E-state index in [1.807, 2.05) is 12.1 Å². The molecule has 0 saturated heterocycles. The molecule has 2 aromatic carbocycles. The highest BCUT2D eigenvalue weighted by Gasteiger charge is 2.12. The molecule has 5 aromatic rings. The molecule has 0 saturated carbocycles. The van der Waals surface area contributed by atoms with E-state index in [2.05, 4.69) is 30.6 Å². The van der Waals surface area contributed by atoms with Gasteiger partial charge in [0.1, 0.15) is 17.5 Å². The van der Waals surface area contributed by atoms with E-state index in [1.54, 1.807) is 79.1 Å². The summed E-state index contributed by atoms with van der Waals surface area (Å²) >= 11 is 0. The molecule has 0 aliphatic rings. The Kier molecular flexibility index (Phi) is 5.30. The summed E-state index contributed by atoms with van der Waals surface area (Å²) in [6, 6.07) is 23.0. The Labute approximate surface area is 188 Å². The zero-order valence-corrected chi connectivity index (χ0v) is 17.3. The average molecular weight is 434 g/mol. The first-order valence-electron chi connectivity index (χ1n) is 10.2. The van der Waals surface area contributed by atoms with E-state index in [-0.39, 0.29) is 11.8 Å². The van der Waals surface area contributed by atoms with Crippen LogP contribution in [0.3, 0.4) is 0 Å². The van der Waals surface area contributed by atoms with Crippen LogP contribution in [-0.2, 0) is 0 Å². The van der Waals surface area contributed by atoms with Crippen LogP contribution in [0.2, 0.25) is 0 Å². The maximum Gasteiger partial charge on any atom is 0.256 e. The summed E-state index contributed by atoms with van der Waals surface area (Å²) in [7, 11) is 0. The largest absolute Gasteiger partial charge is 0.338 e. The third kappa shape index (κ3) is 4.45. The van der Waals surface area contributed by atoms with Gasteiger partial charge in [0.05, 0.1) is 11.0 Å². The zero-order valence-electron chi connectivity index (χ0n) is 17.3. The predicted octanol–water partition coefficient (Wildman–Crippen LogP) is 4.52. The van der Waals surface area contributed by atoms with Crippen molar-refractivity contribution in [2.45, 2.75) is 0 Å². The second kappa shape index (κ2) is 8.72. The highest BCUT2D eigenvalue weighted by Crippen LogP contribution is 2.22. The van der Waals surface area contributed by atoms with Crippen molar-refractivity contribution in [1.82, 2.24) is 19.9 Å². The molecular formula is C25H18N6O2. The van der Waals surface area contributed by atoms with Gasteiger partial charge < -0.3 is 15.6 Å². The third-order valence-corrected chi connectivity index (χ3v) is 4.98. The van der Waals surface area contributed by atoms with Crippen LogP contribution in [0.5, 0.6) is 0 Å². The van der Waals surface area contributed by atoms with Crippen molar-refractivity contribution in [2.24, 2.45) is 0 Å². The number of pyridine rings is 2. The van der Waals surface area contributed by atoms with Crippen LogP contribution in [0.4, 0.5) is 11.6 Å². The monoisotopic (exact) mass is 434 g/mol. The van der Waals surface area contributed by atoms with Gasteiger partial charge in [0.15, 0.2) is 0 Å². The first-order chi connectivity index (χ1) is 16.2. The van der Waals surface area contributed by atoms with Crippen LogP contribution < -0.4 is 10.6 Å². The molecule has 3 aromatic heterocycles. The van der Waals surface area contributed by atoms with Crippen molar-refractivity contribution >= 4 is 34.5 Å². The Morgan fingerprint density at radius 2 is 1.30 bits per heavy atom. The van der Waals surface area contributed by atoms with Crippen LogP contribution in [0.15, 0.2) is 91.3 Å². The van der Waals surface area contributed by atoms with Gasteiger partial charge in [-0.05, 0) is 54.6 Å². The van der Waals surface area contributed by atoms with E-state index in [0.717, 1.165) is 16.6 Å². The smallest absolute Gasteiger partial charge is 0.256 e. The van der Waals surface area contributed by atoms with Gasteiger partial charge in [0.2, 0.25) is 0 Å². The number of nitrogens with zero attached hydrogens (tertiary/aromatic N) is 3. The Balaban J connectivity index is 1.33. The van der Waals surface area contributed by atoms with Crippen molar-refractivity contribution in [2.75, 3.05) is 10.6 Å². The second-order valence-electron chi connectivity index (χ2n) is 7.23. The lowest BCUT2D eigenvalue weighted by Gasteiger charge is -2.04. The Morgan fingerprint density at radius 1 is 0.697 bits per heavy atom. The lowest BCUT2D eigenvalue weighted by atomic mass is 10.1. The normalized spacial score (nSPS) is 10.7. The fourth-order valence-corrected chi connectivity index (χ4v) is 3.32. The number of hydrogen-bond donors (Lipinski definition) is 3. The molecule has 0 radical (unpaired) electrons. The number of aromatic nitrogens is 4. The molecule has 3 N–H and O–H groups in total. The summed E-state index contributed by atoms with van der Waals surface area (Å²) in [5, 5.41) is 5.53. The molecular weight excluding hydrogens is 416 g/mol. The van der Waals surface area contributed by atoms with Gasteiger partial charge in [-0.25, -0.2) is 15.0 Å². The second-order valence-corrected chi connectivity index (χ2v) is 7.23. The van der Waals surface area contributed by atoms with Crippen molar-refractivity contribution in [3.63, 3.8) is 0 Å². The number of aromatic amines is 1. The van der Waals surface area contributed by atoms with Crippen molar-refractivity contribution in [3.8, 4) is 11.4 Å². The number of nitrogens with one attached hydrogen (secondary N) is 3. The number of fused-ring (bicyclic) bond motifs is 1. The van der Waals surface area contributed by atoms with E-state index in [9.17, 15) is 9.59 Å². The first kappa shape index (κ1) is 20.1. The van der Waals surface area contributed by atoms with Gasteiger partial charge in [0, 0.05) is 29.1 Å². The molecule has 8 nitrogen and oxygen atoms in total. The van der Waals surface area contributed by atoms with E-state index in [0.29, 0.717) is 28.6 Å². The van der Waals surface area contributed by atoms with Gasteiger partial charge in [-0.3, -0.25) is 9.59 Å². The van der Waals surface area contributed by atoms with Crippen LogP contribution in [0, 0.1) is 0 Å². The quantitative estimate of drug-likeness (QED) is 0.376. The topological polar surface area (TPSA) is 113 Å². The Bertz CT molecular complexity index is 1430. The number of anilines is 2. The highest BCUT2D eigenvalue weighted by molar-refractivity contribution is 6.06. The van der Waals surface area contributed by atoms with Crippen LogP contribution in [0.1, 0.15) is 20.7 Å². The van der Waals surface area contributed by atoms with E-state index >= 15 is 0 Å². The van der Waals surface area contributed by atoms with E-state index in [1.165, 1.54) is 0 Å². The molecule has 0 aliphatic heterocycles. The Hall–Kier alpha value is -4.85. The standard InChI is InChI=1S/C25H18N6O2/c32-24(30-21-5-1-3-13-26-21)17-9-7-16(8-10-17)23-28-19-12-11-18(15-20(19)29-23)25(33)31-22-6-2-4-14-27-22/h1-15H,(H,28,29)(H,26,30,32)(H,27,31,33). The van der Waals surface area contributed by atoms with Gasteiger partial charge in [-0.1, -0.05) is 24.3 Å². The molecule has 8 heteroatoms. The lowest BCUT2D eigenvalue weighted by molar-refractivity contribution is 0.101. The van der Waals surface area contributed by atoms with Crippen LogP contribution >= 0.6 is 0 Å². The van der Waals surface area contributed by atoms with Gasteiger partial charge >= 0.3 is 0 Å². The first-order valence-corrected chi connectivity index (χ1v) is 10.2. The molecule has 0 fully saturated rings. The summed E-state index contributed by atoms with van der Waals surface area (Å²) in [5.74, 6) is 1.12. The fourth-order valence-electron chi connectivity index (χ4n) is 3.32.